The fraction of sp³-hybridized carbons (Fsp3) is 0.200. The lowest BCUT2D eigenvalue weighted by Crippen LogP contribution is -2.11. The molecule has 1 amide bonds. The van der Waals surface area contributed by atoms with Crippen molar-refractivity contribution < 1.29 is 9.72 Å². The van der Waals surface area contributed by atoms with Crippen LogP contribution in [-0.4, -0.2) is 10.8 Å². The van der Waals surface area contributed by atoms with E-state index in [1.165, 1.54) is 12.1 Å². The van der Waals surface area contributed by atoms with Crippen LogP contribution in [0.25, 0.3) is 0 Å². The minimum absolute atomic E-state index is 0.107. The zero-order valence-corrected chi connectivity index (χ0v) is 8.56. The van der Waals surface area contributed by atoms with Gasteiger partial charge in [-0.1, -0.05) is 6.07 Å². The maximum absolute atomic E-state index is 11.1. The van der Waals surface area contributed by atoms with E-state index in [2.05, 4.69) is 5.32 Å². The predicted octanol–water partition coefficient (Wildman–Crippen LogP) is 1.76. The first-order chi connectivity index (χ1) is 7.54. The lowest BCUT2D eigenvalue weighted by atomic mass is 10.2. The van der Waals surface area contributed by atoms with Gasteiger partial charge in [0.05, 0.1) is 11.0 Å². The van der Waals surface area contributed by atoms with Gasteiger partial charge in [0.1, 0.15) is 12.1 Å². The minimum Gasteiger partial charge on any atom is -0.319 e. The standard InChI is InChI=1S/C10H9N3O3/c1-7-2-3-8(9(6-7)13(15)16)12-10(14)4-5-11/h2-3,6H,4H2,1H3,(H,12,14). The van der Waals surface area contributed by atoms with Crippen LogP contribution in [0.4, 0.5) is 11.4 Å². The smallest absolute Gasteiger partial charge is 0.293 e. The van der Waals surface area contributed by atoms with Crippen LogP contribution in [-0.2, 0) is 4.79 Å². The van der Waals surface area contributed by atoms with Crippen molar-refractivity contribution in [1.82, 2.24) is 0 Å². The third kappa shape index (κ3) is 2.78. The number of anilines is 1. The van der Waals surface area contributed by atoms with Gasteiger partial charge in [-0.15, -0.1) is 0 Å². The Morgan fingerprint density at radius 3 is 2.88 bits per heavy atom. The molecular formula is C10H9N3O3. The Balaban J connectivity index is 3.00. The van der Waals surface area contributed by atoms with Gasteiger partial charge in [-0.2, -0.15) is 5.26 Å². The molecular weight excluding hydrogens is 210 g/mol. The number of nitrogens with one attached hydrogen (secondary N) is 1. The molecule has 1 rings (SSSR count). The van der Waals surface area contributed by atoms with Crippen LogP contribution in [0.3, 0.4) is 0 Å². The fourth-order valence-electron chi connectivity index (χ4n) is 1.16. The number of carbonyl (C=O) groups excluding carboxylic acids is 1. The Morgan fingerprint density at radius 1 is 1.62 bits per heavy atom. The number of aryl methyl sites for hydroxylation is 1. The second-order valence-electron chi connectivity index (χ2n) is 3.16. The number of benzene rings is 1. The molecule has 0 saturated carbocycles. The van der Waals surface area contributed by atoms with Crippen LogP contribution in [0.2, 0.25) is 0 Å². The zero-order valence-electron chi connectivity index (χ0n) is 8.56. The normalized spacial score (nSPS) is 9.25. The molecule has 0 unspecified atom stereocenters. The third-order valence-electron chi connectivity index (χ3n) is 1.86. The lowest BCUT2D eigenvalue weighted by molar-refractivity contribution is -0.384. The van der Waals surface area contributed by atoms with Crippen molar-refractivity contribution in [2.75, 3.05) is 5.32 Å². The number of amides is 1. The van der Waals surface area contributed by atoms with Crippen molar-refractivity contribution >= 4 is 17.3 Å². The van der Waals surface area contributed by atoms with Crippen LogP contribution >= 0.6 is 0 Å². The Bertz CT molecular complexity index is 477. The highest BCUT2D eigenvalue weighted by molar-refractivity contribution is 5.94. The van der Waals surface area contributed by atoms with Gasteiger partial charge in [0.15, 0.2) is 0 Å². The van der Waals surface area contributed by atoms with Crippen molar-refractivity contribution in [2.45, 2.75) is 13.3 Å². The second kappa shape index (κ2) is 4.89. The third-order valence-corrected chi connectivity index (χ3v) is 1.86. The maximum Gasteiger partial charge on any atom is 0.293 e. The molecule has 0 radical (unpaired) electrons. The average molecular weight is 219 g/mol. The van der Waals surface area contributed by atoms with Crippen LogP contribution in [0.1, 0.15) is 12.0 Å². The lowest BCUT2D eigenvalue weighted by Gasteiger charge is -2.04. The van der Waals surface area contributed by atoms with Crippen LogP contribution in [0.15, 0.2) is 18.2 Å². The van der Waals surface area contributed by atoms with E-state index in [0.717, 1.165) is 5.56 Å². The van der Waals surface area contributed by atoms with Gasteiger partial charge in [0.2, 0.25) is 5.91 Å². The van der Waals surface area contributed by atoms with Crippen LogP contribution < -0.4 is 5.32 Å². The summed E-state index contributed by atoms with van der Waals surface area (Å²) in [6.07, 6.45) is -0.328. The molecule has 0 heterocycles. The summed E-state index contributed by atoms with van der Waals surface area (Å²) in [6, 6.07) is 6.12. The van der Waals surface area contributed by atoms with Crippen LogP contribution in [0.5, 0.6) is 0 Å². The zero-order chi connectivity index (χ0) is 12.1. The molecule has 0 aliphatic rings. The topological polar surface area (TPSA) is 96.0 Å². The predicted molar refractivity (Wildman–Crippen MR) is 56.7 cm³/mol. The Morgan fingerprint density at radius 2 is 2.31 bits per heavy atom. The van der Waals surface area contributed by atoms with E-state index in [4.69, 9.17) is 5.26 Å². The van der Waals surface area contributed by atoms with Crippen molar-refractivity contribution in [3.05, 3.63) is 33.9 Å². The molecule has 1 aromatic rings. The molecule has 0 atom stereocenters. The van der Waals surface area contributed by atoms with Crippen molar-refractivity contribution in [3.8, 4) is 6.07 Å². The SMILES string of the molecule is Cc1ccc(NC(=O)CC#N)c([N+](=O)[O-])c1. The summed E-state index contributed by atoms with van der Waals surface area (Å²) in [7, 11) is 0. The molecule has 82 valence electrons. The largest absolute Gasteiger partial charge is 0.319 e. The number of nitrogens with zero attached hydrogens (tertiary/aromatic N) is 2. The average Bonchev–Trinajstić information content (AvgIpc) is 2.20. The van der Waals surface area contributed by atoms with E-state index >= 15 is 0 Å². The molecule has 0 aliphatic carbocycles. The quantitative estimate of drug-likeness (QED) is 0.618. The van der Waals surface area contributed by atoms with E-state index in [1.54, 1.807) is 19.1 Å². The first kappa shape index (κ1) is 11.7. The molecule has 6 nitrogen and oxygen atoms in total. The summed E-state index contributed by atoms with van der Waals surface area (Å²) in [5.74, 6) is -0.561. The van der Waals surface area contributed by atoms with E-state index in [1.807, 2.05) is 0 Å². The molecule has 0 fully saturated rings. The molecule has 1 N–H and O–H groups in total. The van der Waals surface area contributed by atoms with Crippen LogP contribution in [0, 0.1) is 28.4 Å². The summed E-state index contributed by atoms with van der Waals surface area (Å²) in [4.78, 5) is 21.2. The number of nitro groups is 1. The molecule has 0 aliphatic heterocycles. The molecule has 6 heteroatoms. The summed E-state index contributed by atoms with van der Waals surface area (Å²) < 4.78 is 0. The van der Waals surface area contributed by atoms with E-state index in [9.17, 15) is 14.9 Å². The second-order valence-corrected chi connectivity index (χ2v) is 3.16. The van der Waals surface area contributed by atoms with Gasteiger partial charge in [-0.25, -0.2) is 0 Å². The highest BCUT2D eigenvalue weighted by Gasteiger charge is 2.15. The number of carbonyl (C=O) groups is 1. The maximum atomic E-state index is 11.1. The summed E-state index contributed by atoms with van der Waals surface area (Å²) in [6.45, 7) is 1.72. The first-order valence-electron chi connectivity index (χ1n) is 4.46. The van der Waals surface area contributed by atoms with Gasteiger partial charge in [-0.3, -0.25) is 14.9 Å². The summed E-state index contributed by atoms with van der Waals surface area (Å²) in [5, 5.41) is 21.3. The molecule has 0 spiro atoms. The molecule has 0 bridgehead atoms. The Labute approximate surface area is 91.6 Å². The van der Waals surface area contributed by atoms with Crippen molar-refractivity contribution in [3.63, 3.8) is 0 Å². The van der Waals surface area contributed by atoms with Gasteiger partial charge >= 0.3 is 0 Å². The number of nitriles is 1. The molecule has 0 saturated heterocycles. The number of hydrogen-bond acceptors (Lipinski definition) is 4. The number of hydrogen-bond donors (Lipinski definition) is 1. The Kier molecular flexibility index (Phi) is 3.56. The van der Waals surface area contributed by atoms with Gasteiger partial charge < -0.3 is 5.32 Å². The van der Waals surface area contributed by atoms with Gasteiger partial charge in [-0.05, 0) is 18.6 Å². The van der Waals surface area contributed by atoms with E-state index in [-0.39, 0.29) is 17.8 Å². The van der Waals surface area contributed by atoms with Crippen molar-refractivity contribution in [2.24, 2.45) is 0 Å². The van der Waals surface area contributed by atoms with Gasteiger partial charge in [0, 0.05) is 6.07 Å². The fourth-order valence-corrected chi connectivity index (χ4v) is 1.16. The molecule has 16 heavy (non-hydrogen) atoms. The van der Waals surface area contributed by atoms with E-state index in [0.29, 0.717) is 0 Å². The summed E-state index contributed by atoms with van der Waals surface area (Å²) in [5.41, 5.74) is 0.659. The van der Waals surface area contributed by atoms with E-state index < -0.39 is 10.8 Å². The minimum atomic E-state index is -0.574. The van der Waals surface area contributed by atoms with Gasteiger partial charge in [0.25, 0.3) is 5.69 Å². The highest BCUT2D eigenvalue weighted by Crippen LogP contribution is 2.25. The number of rotatable bonds is 3. The monoisotopic (exact) mass is 219 g/mol. The highest BCUT2D eigenvalue weighted by atomic mass is 16.6. The first-order valence-corrected chi connectivity index (χ1v) is 4.46. The number of nitro benzene ring substituents is 1. The van der Waals surface area contributed by atoms with Crippen molar-refractivity contribution in [1.29, 1.82) is 5.26 Å². The molecule has 0 aromatic heterocycles. The summed E-state index contributed by atoms with van der Waals surface area (Å²) >= 11 is 0. The Hall–Kier alpha value is -2.42. The molecule has 1 aromatic carbocycles.